The van der Waals surface area contributed by atoms with Crippen molar-refractivity contribution in [2.45, 2.75) is 19.8 Å². The lowest BCUT2D eigenvalue weighted by Crippen LogP contribution is -2.14. The zero-order valence-corrected chi connectivity index (χ0v) is 16.0. The summed E-state index contributed by atoms with van der Waals surface area (Å²) >= 11 is 0. The average Bonchev–Trinajstić information content (AvgIpc) is 3.22. The first-order valence-electron chi connectivity index (χ1n) is 8.88. The molecule has 0 saturated heterocycles. The third kappa shape index (κ3) is 5.61. The highest BCUT2D eigenvalue weighted by molar-refractivity contribution is 5.91. The van der Waals surface area contributed by atoms with Gasteiger partial charge in [-0.2, -0.15) is 4.98 Å². The third-order valence-electron chi connectivity index (χ3n) is 4.01. The van der Waals surface area contributed by atoms with Crippen molar-refractivity contribution in [1.29, 1.82) is 0 Å². The maximum atomic E-state index is 12.3. The van der Waals surface area contributed by atoms with Gasteiger partial charge in [0.15, 0.2) is 6.61 Å². The monoisotopic (exact) mass is 396 g/mol. The molecular formula is C20H20N4O5. The summed E-state index contributed by atoms with van der Waals surface area (Å²) < 4.78 is 15.0. The number of aromatic nitrogens is 3. The molecule has 3 aromatic rings. The highest BCUT2D eigenvalue weighted by Crippen LogP contribution is 2.22. The number of aryl methyl sites for hydroxylation is 2. The molecule has 0 atom stereocenters. The number of ether oxygens (including phenoxy) is 2. The van der Waals surface area contributed by atoms with Crippen LogP contribution in [0.1, 0.15) is 17.9 Å². The number of benzene rings is 1. The zero-order valence-electron chi connectivity index (χ0n) is 16.0. The molecule has 0 radical (unpaired) electrons. The molecule has 2 heterocycles. The van der Waals surface area contributed by atoms with Crippen LogP contribution in [0, 0.1) is 6.92 Å². The van der Waals surface area contributed by atoms with Crippen molar-refractivity contribution in [3.05, 3.63) is 54.2 Å². The number of pyridine rings is 1. The van der Waals surface area contributed by atoms with Gasteiger partial charge in [-0.05, 0) is 42.8 Å². The van der Waals surface area contributed by atoms with E-state index in [1.807, 2.05) is 13.0 Å². The van der Waals surface area contributed by atoms with Crippen LogP contribution in [-0.2, 0) is 20.7 Å². The minimum atomic E-state index is -0.465. The molecule has 0 fully saturated rings. The molecule has 1 aromatic carbocycles. The molecule has 0 spiro atoms. The Labute approximate surface area is 167 Å². The van der Waals surface area contributed by atoms with Crippen molar-refractivity contribution in [1.82, 2.24) is 15.1 Å². The van der Waals surface area contributed by atoms with Gasteiger partial charge in [0.1, 0.15) is 5.75 Å². The molecule has 150 valence electrons. The minimum Gasteiger partial charge on any atom is -0.482 e. The van der Waals surface area contributed by atoms with Gasteiger partial charge in [0.2, 0.25) is 17.6 Å². The van der Waals surface area contributed by atoms with Crippen molar-refractivity contribution in [3.8, 4) is 17.1 Å². The minimum absolute atomic E-state index is 0.174. The quantitative estimate of drug-likeness (QED) is 0.578. The Morgan fingerprint density at radius 3 is 2.83 bits per heavy atom. The smallest absolute Gasteiger partial charge is 0.343 e. The second kappa shape index (κ2) is 9.45. The van der Waals surface area contributed by atoms with Crippen LogP contribution in [-0.4, -0.2) is 40.7 Å². The first-order chi connectivity index (χ1) is 14.0. The van der Waals surface area contributed by atoms with E-state index in [-0.39, 0.29) is 18.9 Å². The van der Waals surface area contributed by atoms with Gasteiger partial charge in [0, 0.05) is 36.5 Å². The molecule has 1 N–H and O–H groups in total. The van der Waals surface area contributed by atoms with Crippen molar-refractivity contribution in [2.24, 2.45) is 0 Å². The number of carbonyl (C=O) groups is 2. The van der Waals surface area contributed by atoms with Gasteiger partial charge in [-0.25, -0.2) is 4.79 Å². The van der Waals surface area contributed by atoms with E-state index in [9.17, 15) is 9.59 Å². The van der Waals surface area contributed by atoms with Crippen LogP contribution in [0.5, 0.6) is 5.75 Å². The molecule has 0 unspecified atom stereocenters. The summed E-state index contributed by atoms with van der Waals surface area (Å²) in [6, 6.07) is 8.73. The van der Waals surface area contributed by atoms with E-state index in [2.05, 4.69) is 25.2 Å². The van der Waals surface area contributed by atoms with Gasteiger partial charge in [-0.1, -0.05) is 5.16 Å². The number of nitrogens with one attached hydrogen (secondary N) is 1. The van der Waals surface area contributed by atoms with E-state index >= 15 is 0 Å². The van der Waals surface area contributed by atoms with Crippen LogP contribution in [0.3, 0.4) is 0 Å². The maximum Gasteiger partial charge on any atom is 0.343 e. The predicted octanol–water partition coefficient (Wildman–Crippen LogP) is 2.56. The molecule has 29 heavy (non-hydrogen) atoms. The Kier molecular flexibility index (Phi) is 6.51. The normalized spacial score (nSPS) is 10.4. The number of rotatable bonds is 8. The summed E-state index contributed by atoms with van der Waals surface area (Å²) in [6.45, 7) is 1.66. The molecule has 0 aliphatic rings. The van der Waals surface area contributed by atoms with Gasteiger partial charge in [-0.3, -0.25) is 9.78 Å². The number of methoxy groups -OCH3 is 1. The second-order valence-corrected chi connectivity index (χ2v) is 6.14. The van der Waals surface area contributed by atoms with E-state index in [1.54, 1.807) is 36.7 Å². The summed E-state index contributed by atoms with van der Waals surface area (Å²) in [7, 11) is 1.30. The lowest BCUT2D eigenvalue weighted by atomic mass is 10.2. The number of anilines is 1. The number of amides is 1. The van der Waals surface area contributed by atoms with Crippen LogP contribution in [0.25, 0.3) is 11.4 Å². The Hall–Kier alpha value is -3.75. The summed E-state index contributed by atoms with van der Waals surface area (Å²) in [4.78, 5) is 31.7. The SMILES string of the molecule is COC(=O)COc1ccc(NC(=O)CCc2nc(-c3cccnc3)no2)c(C)c1. The Morgan fingerprint density at radius 2 is 2.10 bits per heavy atom. The molecule has 1 amide bonds. The Bertz CT molecular complexity index is 988. The predicted molar refractivity (Wildman–Crippen MR) is 103 cm³/mol. The van der Waals surface area contributed by atoms with Crippen molar-refractivity contribution < 1.29 is 23.6 Å². The van der Waals surface area contributed by atoms with Gasteiger partial charge >= 0.3 is 5.97 Å². The van der Waals surface area contributed by atoms with Crippen LogP contribution < -0.4 is 10.1 Å². The van der Waals surface area contributed by atoms with Gasteiger partial charge < -0.3 is 19.3 Å². The van der Waals surface area contributed by atoms with Crippen LogP contribution in [0.2, 0.25) is 0 Å². The first kappa shape index (κ1) is 20.0. The Balaban J connectivity index is 1.52. The average molecular weight is 396 g/mol. The number of hydrogen-bond acceptors (Lipinski definition) is 8. The largest absolute Gasteiger partial charge is 0.482 e. The van der Waals surface area contributed by atoms with Crippen molar-refractivity contribution in [2.75, 3.05) is 19.0 Å². The number of carbonyl (C=O) groups excluding carboxylic acids is 2. The fourth-order valence-electron chi connectivity index (χ4n) is 2.47. The Morgan fingerprint density at radius 1 is 1.24 bits per heavy atom. The lowest BCUT2D eigenvalue weighted by Gasteiger charge is -2.10. The molecule has 0 aliphatic carbocycles. The highest BCUT2D eigenvalue weighted by atomic mass is 16.6. The molecule has 9 nitrogen and oxygen atoms in total. The van der Waals surface area contributed by atoms with Crippen LogP contribution in [0.15, 0.2) is 47.2 Å². The number of hydrogen-bond donors (Lipinski definition) is 1. The van der Waals surface area contributed by atoms with Crippen LogP contribution >= 0.6 is 0 Å². The first-order valence-corrected chi connectivity index (χ1v) is 8.88. The summed E-state index contributed by atoms with van der Waals surface area (Å²) in [5.74, 6) is 0.680. The fraction of sp³-hybridized carbons (Fsp3) is 0.250. The summed E-state index contributed by atoms with van der Waals surface area (Å²) in [5, 5.41) is 6.74. The standard InChI is InChI=1S/C20H20N4O5/c1-13-10-15(28-12-19(26)27-2)5-6-16(13)22-17(25)7-8-18-23-20(24-29-18)14-4-3-9-21-11-14/h3-6,9-11H,7-8,12H2,1-2H3,(H,22,25). The molecule has 0 saturated carbocycles. The van der Waals surface area contributed by atoms with Crippen molar-refractivity contribution >= 4 is 17.6 Å². The zero-order chi connectivity index (χ0) is 20.6. The van der Waals surface area contributed by atoms with E-state index in [0.717, 1.165) is 11.1 Å². The fourth-order valence-corrected chi connectivity index (χ4v) is 2.47. The molecule has 0 bridgehead atoms. The van der Waals surface area contributed by atoms with E-state index in [4.69, 9.17) is 9.26 Å². The lowest BCUT2D eigenvalue weighted by molar-refractivity contribution is -0.142. The third-order valence-corrected chi connectivity index (χ3v) is 4.01. The summed E-state index contributed by atoms with van der Waals surface area (Å²) in [6.07, 6.45) is 3.81. The summed E-state index contributed by atoms with van der Waals surface area (Å²) in [5.41, 5.74) is 2.21. The maximum absolute atomic E-state index is 12.3. The van der Waals surface area contributed by atoms with Crippen molar-refractivity contribution in [3.63, 3.8) is 0 Å². The molecule has 2 aromatic heterocycles. The second-order valence-electron chi connectivity index (χ2n) is 6.14. The van der Waals surface area contributed by atoms with Crippen LogP contribution in [0.4, 0.5) is 5.69 Å². The molecule has 9 heteroatoms. The topological polar surface area (TPSA) is 116 Å². The number of nitrogens with zero attached hydrogens (tertiary/aromatic N) is 3. The molecule has 3 rings (SSSR count). The van der Waals surface area contributed by atoms with E-state index in [1.165, 1.54) is 7.11 Å². The van der Waals surface area contributed by atoms with Gasteiger partial charge in [0.25, 0.3) is 0 Å². The van der Waals surface area contributed by atoms with Gasteiger partial charge in [-0.15, -0.1) is 0 Å². The highest BCUT2D eigenvalue weighted by Gasteiger charge is 2.12. The van der Waals surface area contributed by atoms with E-state index < -0.39 is 5.97 Å². The number of esters is 1. The molecular weight excluding hydrogens is 376 g/mol. The van der Waals surface area contributed by atoms with E-state index in [0.29, 0.717) is 29.6 Å². The molecule has 0 aliphatic heterocycles. The van der Waals surface area contributed by atoms with Gasteiger partial charge in [0.05, 0.1) is 7.11 Å².